The molecule has 0 aliphatic carbocycles. The van der Waals surface area contributed by atoms with E-state index < -0.39 is 41.2 Å². The smallest absolute Gasteiger partial charge is 0.204 e. The molecule has 1 aromatic carbocycles. The molecule has 3 nitrogen and oxygen atoms in total. The van der Waals surface area contributed by atoms with Crippen molar-refractivity contribution in [1.82, 2.24) is 10.6 Å². The number of hydrogen-bond donors (Lipinski definition) is 2. The molecule has 0 bridgehead atoms. The maximum absolute atomic E-state index is 14.7. The van der Waals surface area contributed by atoms with Gasteiger partial charge < -0.3 is 15.4 Å². The van der Waals surface area contributed by atoms with Gasteiger partial charge in [0, 0.05) is 23.9 Å². The summed E-state index contributed by atoms with van der Waals surface area (Å²) in [4.78, 5) is 0. The Morgan fingerprint density at radius 1 is 1.08 bits per heavy atom. The summed E-state index contributed by atoms with van der Waals surface area (Å²) in [7, 11) is 0. The summed E-state index contributed by atoms with van der Waals surface area (Å²) in [5.41, 5.74) is 0.200. The van der Waals surface area contributed by atoms with Crippen LogP contribution in [0.5, 0.6) is 5.75 Å². The second-order valence-electron chi connectivity index (χ2n) is 6.02. The Hall–Kier alpha value is -2.20. The quantitative estimate of drug-likeness (QED) is 0.495. The van der Waals surface area contributed by atoms with Gasteiger partial charge in [-0.3, -0.25) is 0 Å². The van der Waals surface area contributed by atoms with Crippen LogP contribution >= 0.6 is 0 Å². The number of rotatable bonds is 4. The highest BCUT2D eigenvalue weighted by Gasteiger charge is 2.34. The summed E-state index contributed by atoms with van der Waals surface area (Å²) >= 11 is 0. The molecular weight excluding hydrogens is 336 g/mol. The van der Waals surface area contributed by atoms with Gasteiger partial charge in [-0.1, -0.05) is 5.92 Å². The molecule has 2 N–H and O–H groups in total. The van der Waals surface area contributed by atoms with E-state index in [2.05, 4.69) is 15.4 Å². The highest BCUT2D eigenvalue weighted by Crippen LogP contribution is 2.38. The molecule has 2 aliphatic heterocycles. The Labute approximate surface area is 143 Å². The van der Waals surface area contributed by atoms with Gasteiger partial charge in [0.05, 0.1) is 5.56 Å². The van der Waals surface area contributed by atoms with Crippen molar-refractivity contribution in [3.8, 4) is 18.1 Å². The molecule has 7 heteroatoms. The molecule has 1 unspecified atom stereocenters. The van der Waals surface area contributed by atoms with Gasteiger partial charge in [0.1, 0.15) is 6.61 Å². The Kier molecular flexibility index (Phi) is 5.19. The van der Waals surface area contributed by atoms with Gasteiger partial charge in [-0.15, -0.1) is 6.42 Å². The zero-order valence-electron chi connectivity index (χ0n) is 13.5. The fourth-order valence-electron chi connectivity index (χ4n) is 3.38. The predicted octanol–water partition coefficient (Wildman–Crippen LogP) is 3.10. The van der Waals surface area contributed by atoms with Crippen LogP contribution in [0.15, 0.2) is 5.70 Å². The summed E-state index contributed by atoms with van der Waals surface area (Å²) in [6.45, 7) is 0.841. The van der Waals surface area contributed by atoms with Crippen molar-refractivity contribution in [3.63, 3.8) is 0 Å². The van der Waals surface area contributed by atoms with E-state index in [1.54, 1.807) is 0 Å². The first-order valence-electron chi connectivity index (χ1n) is 8.19. The summed E-state index contributed by atoms with van der Waals surface area (Å²) in [6, 6.07) is -0.360. The van der Waals surface area contributed by atoms with Crippen LogP contribution in [0, 0.1) is 35.6 Å². The van der Waals surface area contributed by atoms with Crippen LogP contribution in [0.1, 0.15) is 31.2 Å². The van der Waals surface area contributed by atoms with Crippen LogP contribution < -0.4 is 15.4 Å². The average molecular weight is 354 g/mol. The van der Waals surface area contributed by atoms with Crippen molar-refractivity contribution in [2.75, 3.05) is 19.7 Å². The standard InChI is InChI=1S/C18H18F4N2O/c1-2-9-25-18-16(21)14(19)13(15(20)17(18)22)12(10-5-3-7-23-10)11-6-4-8-24-11/h1,10,23-24H,3-9H2. The lowest BCUT2D eigenvalue weighted by molar-refractivity contribution is 0.305. The molecule has 2 saturated heterocycles. The molecule has 25 heavy (non-hydrogen) atoms. The second-order valence-corrected chi connectivity index (χ2v) is 6.02. The molecule has 1 atom stereocenters. The van der Waals surface area contributed by atoms with E-state index in [9.17, 15) is 17.6 Å². The van der Waals surface area contributed by atoms with Crippen LogP contribution in [0.2, 0.25) is 0 Å². The molecule has 2 heterocycles. The molecule has 2 aliphatic rings. The van der Waals surface area contributed by atoms with Crippen molar-refractivity contribution in [2.24, 2.45) is 0 Å². The predicted molar refractivity (Wildman–Crippen MR) is 85.8 cm³/mol. The molecule has 0 amide bonds. The molecule has 2 fully saturated rings. The number of hydrogen-bond acceptors (Lipinski definition) is 3. The number of ether oxygens (including phenoxy) is 1. The topological polar surface area (TPSA) is 33.3 Å². The molecule has 0 spiro atoms. The maximum Gasteiger partial charge on any atom is 0.204 e. The molecule has 134 valence electrons. The Balaban J connectivity index is 2.17. The maximum atomic E-state index is 14.7. The number of halogens is 4. The zero-order chi connectivity index (χ0) is 18.0. The van der Waals surface area contributed by atoms with E-state index in [0.29, 0.717) is 31.6 Å². The number of allylic oxidation sites excluding steroid dienone is 1. The fraction of sp³-hybridized carbons (Fsp3) is 0.444. The second kappa shape index (κ2) is 7.36. The normalized spacial score (nSPS) is 21.8. The third-order valence-electron chi connectivity index (χ3n) is 4.47. The van der Waals surface area contributed by atoms with Crippen molar-refractivity contribution in [2.45, 2.75) is 31.7 Å². The lowest BCUT2D eigenvalue weighted by Gasteiger charge is -2.21. The number of benzene rings is 1. The van der Waals surface area contributed by atoms with E-state index in [1.807, 2.05) is 5.92 Å². The van der Waals surface area contributed by atoms with Gasteiger partial charge in [0.25, 0.3) is 0 Å². The van der Waals surface area contributed by atoms with Crippen molar-refractivity contribution < 1.29 is 22.3 Å². The lowest BCUT2D eigenvalue weighted by atomic mass is 9.93. The Morgan fingerprint density at radius 3 is 2.32 bits per heavy atom. The molecule has 1 aromatic rings. The minimum Gasteiger partial charge on any atom is -0.475 e. The first kappa shape index (κ1) is 17.6. The summed E-state index contributed by atoms with van der Waals surface area (Å²) < 4.78 is 62.7. The van der Waals surface area contributed by atoms with Gasteiger partial charge in [-0.25, -0.2) is 8.78 Å². The highest BCUT2D eigenvalue weighted by molar-refractivity contribution is 5.74. The van der Waals surface area contributed by atoms with Gasteiger partial charge in [-0.05, 0) is 32.2 Å². The van der Waals surface area contributed by atoms with Crippen molar-refractivity contribution >= 4 is 5.57 Å². The van der Waals surface area contributed by atoms with Crippen LogP contribution in [0.4, 0.5) is 17.6 Å². The van der Waals surface area contributed by atoms with E-state index in [1.165, 1.54) is 0 Å². The van der Waals surface area contributed by atoms with Gasteiger partial charge in [0.15, 0.2) is 17.4 Å². The SMILES string of the molecule is C#CCOc1c(F)c(F)c(C(=C2CCCN2)C2CCCN2)c(F)c1F. The van der Waals surface area contributed by atoms with Crippen LogP contribution in [0.25, 0.3) is 5.57 Å². The van der Waals surface area contributed by atoms with Crippen molar-refractivity contribution in [3.05, 3.63) is 34.5 Å². The fourth-order valence-corrected chi connectivity index (χ4v) is 3.38. The largest absolute Gasteiger partial charge is 0.475 e. The van der Waals surface area contributed by atoms with Crippen molar-refractivity contribution in [1.29, 1.82) is 0 Å². The first-order chi connectivity index (χ1) is 12.1. The van der Waals surface area contributed by atoms with Gasteiger partial charge in [-0.2, -0.15) is 8.78 Å². The molecule has 3 rings (SSSR count). The summed E-state index contributed by atoms with van der Waals surface area (Å²) in [5.74, 6) is -5.19. The van der Waals surface area contributed by atoms with Crippen LogP contribution in [-0.2, 0) is 0 Å². The molecular formula is C18H18F4N2O. The van der Waals surface area contributed by atoms with E-state index >= 15 is 0 Å². The minimum absolute atomic E-state index is 0.256. The zero-order valence-corrected chi connectivity index (χ0v) is 13.5. The Bertz CT molecular complexity index is 711. The van der Waals surface area contributed by atoms with Crippen LogP contribution in [0.3, 0.4) is 0 Å². The number of terminal acetylenes is 1. The number of nitrogens with one attached hydrogen (secondary N) is 2. The van der Waals surface area contributed by atoms with E-state index in [4.69, 9.17) is 6.42 Å². The average Bonchev–Trinajstić information content (AvgIpc) is 3.31. The highest BCUT2D eigenvalue weighted by atomic mass is 19.2. The monoisotopic (exact) mass is 354 g/mol. The Morgan fingerprint density at radius 2 is 1.80 bits per heavy atom. The molecule has 0 radical (unpaired) electrons. The van der Waals surface area contributed by atoms with Gasteiger partial charge in [0.2, 0.25) is 11.6 Å². The molecule has 0 saturated carbocycles. The van der Waals surface area contributed by atoms with Crippen LogP contribution in [-0.4, -0.2) is 25.7 Å². The lowest BCUT2D eigenvalue weighted by Crippen LogP contribution is -2.27. The first-order valence-corrected chi connectivity index (χ1v) is 8.19. The third-order valence-corrected chi connectivity index (χ3v) is 4.47. The minimum atomic E-state index is -1.57. The summed E-state index contributed by atoms with van der Waals surface area (Å²) in [5, 5.41) is 6.22. The van der Waals surface area contributed by atoms with E-state index in [-0.39, 0.29) is 11.6 Å². The van der Waals surface area contributed by atoms with E-state index in [0.717, 1.165) is 12.8 Å². The van der Waals surface area contributed by atoms with Gasteiger partial charge >= 0.3 is 0 Å². The molecule has 0 aromatic heterocycles. The third kappa shape index (κ3) is 3.19. The summed E-state index contributed by atoms with van der Waals surface area (Å²) in [6.07, 6.45) is 7.79.